The Balaban J connectivity index is 1.47. The van der Waals surface area contributed by atoms with E-state index in [9.17, 15) is 5.21 Å². The molecular formula is C26H27NO4. The predicted octanol–water partition coefficient (Wildman–Crippen LogP) is 4.34. The highest BCUT2D eigenvalue weighted by molar-refractivity contribution is 5.60. The van der Waals surface area contributed by atoms with Gasteiger partial charge in [-0.2, -0.15) is 0 Å². The average Bonchev–Trinajstić information content (AvgIpc) is 2.82. The van der Waals surface area contributed by atoms with Crippen molar-refractivity contribution in [2.45, 2.75) is 38.1 Å². The van der Waals surface area contributed by atoms with Crippen LogP contribution in [0.25, 0.3) is 0 Å². The summed E-state index contributed by atoms with van der Waals surface area (Å²) in [7, 11) is 0. The molecule has 3 aromatic rings. The lowest BCUT2D eigenvalue weighted by Crippen LogP contribution is -2.52. The summed E-state index contributed by atoms with van der Waals surface area (Å²) in [6.07, 6.45) is 0.252. The first-order chi connectivity index (χ1) is 15.3. The first-order valence-electron chi connectivity index (χ1n) is 10.5. The van der Waals surface area contributed by atoms with Crippen molar-refractivity contribution in [2.24, 2.45) is 0 Å². The molecule has 3 aromatic carbocycles. The Morgan fingerprint density at radius 3 is 1.61 bits per heavy atom. The summed E-state index contributed by atoms with van der Waals surface area (Å²) >= 11 is 0. The van der Waals surface area contributed by atoms with E-state index in [0.29, 0.717) is 19.8 Å². The van der Waals surface area contributed by atoms with E-state index < -0.39 is 18.3 Å². The van der Waals surface area contributed by atoms with Gasteiger partial charge in [0.05, 0.1) is 19.8 Å². The maximum atomic E-state index is 12.4. The molecule has 1 heterocycles. The molecule has 0 bridgehead atoms. The standard InChI is InChI=1S/C26H27NO4/c28-27-16-24(29-18-21-10-4-1-5-11-21)26(31-20-23-14-8-3-9-15-23)25(17-27)30-19-22-12-6-2-7-13-22/h1-16,24-26H,17-20H2/t24-,25+,26-/m0/s1. The molecule has 0 aliphatic carbocycles. The second-order valence-corrected chi connectivity index (χ2v) is 7.61. The molecule has 1 aliphatic rings. The van der Waals surface area contributed by atoms with E-state index in [-0.39, 0.29) is 6.54 Å². The monoisotopic (exact) mass is 417 g/mol. The van der Waals surface area contributed by atoms with E-state index in [1.807, 2.05) is 91.0 Å². The zero-order valence-corrected chi connectivity index (χ0v) is 17.4. The van der Waals surface area contributed by atoms with Crippen molar-refractivity contribution in [2.75, 3.05) is 6.54 Å². The van der Waals surface area contributed by atoms with Crippen LogP contribution in [0.3, 0.4) is 0 Å². The minimum Gasteiger partial charge on any atom is -0.624 e. The number of hydrogen-bond acceptors (Lipinski definition) is 4. The summed E-state index contributed by atoms with van der Waals surface area (Å²) in [5.41, 5.74) is 3.16. The van der Waals surface area contributed by atoms with Crippen molar-refractivity contribution in [3.8, 4) is 0 Å². The summed E-state index contributed by atoms with van der Waals surface area (Å²) in [4.78, 5) is 0. The number of hydroxylamine groups is 1. The normalized spacial score (nSPS) is 20.9. The van der Waals surface area contributed by atoms with Gasteiger partial charge in [-0.1, -0.05) is 91.0 Å². The van der Waals surface area contributed by atoms with Crippen molar-refractivity contribution in [3.05, 3.63) is 113 Å². The maximum absolute atomic E-state index is 12.4. The minimum absolute atomic E-state index is 0.206. The number of rotatable bonds is 9. The number of ether oxygens (including phenoxy) is 3. The van der Waals surface area contributed by atoms with E-state index in [1.54, 1.807) is 6.21 Å². The Morgan fingerprint density at radius 1 is 0.645 bits per heavy atom. The fourth-order valence-electron chi connectivity index (χ4n) is 3.60. The molecule has 0 spiro atoms. The van der Waals surface area contributed by atoms with Gasteiger partial charge >= 0.3 is 0 Å². The molecule has 160 valence electrons. The van der Waals surface area contributed by atoms with E-state index >= 15 is 0 Å². The Hall–Kier alpha value is -2.99. The van der Waals surface area contributed by atoms with Crippen LogP contribution in [0.5, 0.6) is 0 Å². The van der Waals surface area contributed by atoms with Crippen molar-refractivity contribution in [1.29, 1.82) is 0 Å². The molecule has 5 nitrogen and oxygen atoms in total. The molecule has 0 unspecified atom stereocenters. The Labute approximate surface area is 183 Å². The lowest BCUT2D eigenvalue weighted by Gasteiger charge is -2.33. The van der Waals surface area contributed by atoms with E-state index in [1.165, 1.54) is 0 Å². The third kappa shape index (κ3) is 6.25. The SMILES string of the molecule is [O-][N+]1=C[C@H](OCc2ccccc2)[C@H](OCc2ccccc2)[C@H](OCc2ccccc2)C1. The van der Waals surface area contributed by atoms with Crippen LogP contribution in [0.15, 0.2) is 91.0 Å². The molecule has 4 rings (SSSR count). The third-order valence-electron chi connectivity index (χ3n) is 5.24. The highest BCUT2D eigenvalue weighted by atomic mass is 16.6. The highest BCUT2D eigenvalue weighted by Crippen LogP contribution is 2.20. The Kier molecular flexibility index (Phi) is 7.45. The van der Waals surface area contributed by atoms with Crippen molar-refractivity contribution < 1.29 is 18.9 Å². The van der Waals surface area contributed by atoms with Gasteiger partial charge < -0.3 is 19.4 Å². The van der Waals surface area contributed by atoms with Gasteiger partial charge in [-0.25, -0.2) is 4.74 Å². The molecule has 0 radical (unpaired) electrons. The first kappa shape index (κ1) is 21.2. The van der Waals surface area contributed by atoms with Gasteiger partial charge in [0.15, 0.2) is 18.9 Å². The molecule has 3 atom stereocenters. The predicted molar refractivity (Wildman–Crippen MR) is 120 cm³/mol. The maximum Gasteiger partial charge on any atom is 0.182 e. The zero-order chi connectivity index (χ0) is 21.3. The van der Waals surface area contributed by atoms with E-state index in [0.717, 1.165) is 21.4 Å². The van der Waals surface area contributed by atoms with Crippen molar-refractivity contribution in [1.82, 2.24) is 0 Å². The lowest BCUT2D eigenvalue weighted by molar-refractivity contribution is -0.483. The van der Waals surface area contributed by atoms with Crippen molar-refractivity contribution >= 4 is 6.21 Å². The van der Waals surface area contributed by atoms with Gasteiger partial charge in [-0.15, -0.1) is 0 Å². The molecular weight excluding hydrogens is 390 g/mol. The molecule has 0 saturated carbocycles. The minimum atomic E-state index is -0.504. The van der Waals surface area contributed by atoms with Crippen LogP contribution in [-0.4, -0.2) is 35.8 Å². The molecule has 1 aliphatic heterocycles. The summed E-state index contributed by atoms with van der Waals surface area (Å²) in [6, 6.07) is 29.8. The van der Waals surface area contributed by atoms with Crippen LogP contribution < -0.4 is 0 Å². The van der Waals surface area contributed by atoms with E-state index in [2.05, 4.69) is 0 Å². The van der Waals surface area contributed by atoms with Crippen LogP contribution in [0, 0.1) is 5.21 Å². The molecule has 0 N–H and O–H groups in total. The summed E-state index contributed by atoms with van der Waals surface area (Å²) in [5.74, 6) is 0. The topological polar surface area (TPSA) is 53.8 Å². The zero-order valence-electron chi connectivity index (χ0n) is 17.4. The smallest absolute Gasteiger partial charge is 0.182 e. The molecule has 0 aromatic heterocycles. The van der Waals surface area contributed by atoms with Crippen molar-refractivity contribution in [3.63, 3.8) is 0 Å². The van der Waals surface area contributed by atoms with Gasteiger partial charge in [0.25, 0.3) is 0 Å². The van der Waals surface area contributed by atoms with Gasteiger partial charge in [0, 0.05) is 0 Å². The summed E-state index contributed by atoms with van der Waals surface area (Å²) < 4.78 is 19.4. The summed E-state index contributed by atoms with van der Waals surface area (Å²) in [6.45, 7) is 1.44. The molecule has 0 amide bonds. The molecule has 5 heteroatoms. The van der Waals surface area contributed by atoms with Crippen LogP contribution >= 0.6 is 0 Å². The lowest BCUT2D eigenvalue weighted by atomic mass is 10.0. The van der Waals surface area contributed by atoms with Gasteiger partial charge in [0.2, 0.25) is 0 Å². The molecule has 0 saturated heterocycles. The molecule has 0 fully saturated rings. The van der Waals surface area contributed by atoms with Crippen LogP contribution in [0.2, 0.25) is 0 Å². The molecule has 31 heavy (non-hydrogen) atoms. The quantitative estimate of drug-likeness (QED) is 0.384. The summed E-state index contributed by atoms with van der Waals surface area (Å²) in [5, 5.41) is 12.4. The number of hydrogen-bond donors (Lipinski definition) is 0. The Bertz CT molecular complexity index is 947. The van der Waals surface area contributed by atoms with Crippen LogP contribution in [-0.2, 0) is 34.0 Å². The number of nitrogens with zero attached hydrogens (tertiary/aromatic N) is 1. The van der Waals surface area contributed by atoms with Crippen LogP contribution in [0.1, 0.15) is 16.7 Å². The highest BCUT2D eigenvalue weighted by Gasteiger charge is 2.39. The number of benzene rings is 3. The fraction of sp³-hybridized carbons (Fsp3) is 0.269. The van der Waals surface area contributed by atoms with Gasteiger partial charge in [-0.05, 0) is 16.7 Å². The van der Waals surface area contributed by atoms with Gasteiger partial charge in [-0.3, -0.25) is 0 Å². The fourth-order valence-corrected chi connectivity index (χ4v) is 3.60. The third-order valence-corrected chi connectivity index (χ3v) is 5.24. The Morgan fingerprint density at radius 2 is 1.10 bits per heavy atom. The second-order valence-electron chi connectivity index (χ2n) is 7.61. The largest absolute Gasteiger partial charge is 0.624 e. The van der Waals surface area contributed by atoms with E-state index in [4.69, 9.17) is 14.2 Å². The second kappa shape index (κ2) is 10.9. The van der Waals surface area contributed by atoms with Crippen LogP contribution in [0.4, 0.5) is 0 Å². The first-order valence-corrected chi connectivity index (χ1v) is 10.5. The average molecular weight is 418 g/mol. The van der Waals surface area contributed by atoms with Gasteiger partial charge in [0.1, 0.15) is 12.2 Å².